The number of rotatable bonds is 4. The minimum absolute atomic E-state index is 0.449. The molecule has 4 heteroatoms. The Morgan fingerprint density at radius 2 is 1.95 bits per heavy atom. The lowest BCUT2D eigenvalue weighted by atomic mass is 9.93. The predicted molar refractivity (Wildman–Crippen MR) is 81.9 cm³/mol. The van der Waals surface area contributed by atoms with Gasteiger partial charge >= 0.3 is 5.97 Å². The van der Waals surface area contributed by atoms with E-state index in [0.29, 0.717) is 12.1 Å². The summed E-state index contributed by atoms with van der Waals surface area (Å²) >= 11 is 3.35. The van der Waals surface area contributed by atoms with Crippen LogP contribution in [0.5, 0.6) is 0 Å². The van der Waals surface area contributed by atoms with Crippen molar-refractivity contribution >= 4 is 21.9 Å². The molecule has 20 heavy (non-hydrogen) atoms. The van der Waals surface area contributed by atoms with Crippen LogP contribution in [0, 0.1) is 13.8 Å². The number of benzene rings is 1. The number of carbonyl (C=O) groups is 1. The fourth-order valence-electron chi connectivity index (χ4n) is 2.18. The Kier molecular flexibility index (Phi) is 4.55. The number of pyridine rings is 1. The Morgan fingerprint density at radius 3 is 2.50 bits per heavy atom. The predicted octanol–water partition coefficient (Wildman–Crippen LogP) is 3.87. The summed E-state index contributed by atoms with van der Waals surface area (Å²) in [5.74, 6) is -1.46. The minimum atomic E-state index is -0.844. The highest BCUT2D eigenvalue weighted by molar-refractivity contribution is 9.10. The van der Waals surface area contributed by atoms with Crippen LogP contribution in [0.25, 0.3) is 0 Å². The van der Waals surface area contributed by atoms with Gasteiger partial charge in [-0.25, -0.2) is 0 Å². The van der Waals surface area contributed by atoms with E-state index in [1.165, 1.54) is 5.56 Å². The number of aromatic nitrogens is 1. The Bertz CT molecular complexity index is 623. The molecule has 1 heterocycles. The van der Waals surface area contributed by atoms with Crippen LogP contribution in [0.4, 0.5) is 0 Å². The van der Waals surface area contributed by atoms with Gasteiger partial charge in [-0.15, -0.1) is 0 Å². The van der Waals surface area contributed by atoms with Gasteiger partial charge in [-0.05, 0) is 53.4 Å². The summed E-state index contributed by atoms with van der Waals surface area (Å²) in [6.45, 7) is 3.90. The van der Waals surface area contributed by atoms with E-state index < -0.39 is 11.9 Å². The van der Waals surface area contributed by atoms with Gasteiger partial charge in [-0.2, -0.15) is 0 Å². The number of halogens is 1. The first-order valence-corrected chi connectivity index (χ1v) is 7.17. The van der Waals surface area contributed by atoms with Gasteiger partial charge in [-0.1, -0.05) is 29.8 Å². The summed E-state index contributed by atoms with van der Waals surface area (Å²) in [6, 6.07) is 9.83. The van der Waals surface area contributed by atoms with Crippen molar-refractivity contribution in [1.29, 1.82) is 0 Å². The molecule has 3 nitrogen and oxygen atoms in total. The van der Waals surface area contributed by atoms with Crippen molar-refractivity contribution in [2.45, 2.75) is 26.2 Å². The summed E-state index contributed by atoms with van der Waals surface area (Å²) in [6.07, 6.45) is 2.10. The third-order valence-corrected chi connectivity index (χ3v) is 3.71. The quantitative estimate of drug-likeness (QED) is 0.923. The van der Waals surface area contributed by atoms with Gasteiger partial charge in [0, 0.05) is 10.7 Å². The van der Waals surface area contributed by atoms with Crippen molar-refractivity contribution < 1.29 is 9.90 Å². The number of carboxylic acids is 1. The van der Waals surface area contributed by atoms with Gasteiger partial charge < -0.3 is 5.11 Å². The highest BCUT2D eigenvalue weighted by atomic mass is 79.9. The molecule has 2 aromatic rings. The van der Waals surface area contributed by atoms with Gasteiger partial charge in [0.25, 0.3) is 0 Å². The molecule has 1 N–H and O–H groups in total. The number of aliphatic carboxylic acids is 1. The summed E-state index contributed by atoms with van der Waals surface area (Å²) in [7, 11) is 0. The van der Waals surface area contributed by atoms with E-state index in [-0.39, 0.29) is 0 Å². The molecular formula is C16H16BrNO2. The Labute approximate surface area is 126 Å². The molecule has 0 bridgehead atoms. The standard InChI is InChI=1S/C16H16BrNO2/c1-10-3-5-12(6-4-10)8-14(16(19)20)15-11(2)7-13(17)9-18-15/h3-7,9,14H,8H2,1-2H3,(H,19,20). The molecule has 0 spiro atoms. The molecule has 0 saturated heterocycles. The molecule has 0 aliphatic carbocycles. The van der Waals surface area contributed by atoms with E-state index in [9.17, 15) is 9.90 Å². The highest BCUT2D eigenvalue weighted by Crippen LogP contribution is 2.24. The number of aryl methyl sites for hydroxylation is 2. The largest absolute Gasteiger partial charge is 0.481 e. The Morgan fingerprint density at radius 1 is 1.30 bits per heavy atom. The van der Waals surface area contributed by atoms with Crippen LogP contribution in [0.15, 0.2) is 41.0 Å². The maximum absolute atomic E-state index is 11.6. The highest BCUT2D eigenvalue weighted by Gasteiger charge is 2.23. The second-order valence-electron chi connectivity index (χ2n) is 4.94. The average Bonchev–Trinajstić information content (AvgIpc) is 2.39. The van der Waals surface area contributed by atoms with Crippen molar-refractivity contribution in [3.8, 4) is 0 Å². The zero-order valence-electron chi connectivity index (χ0n) is 11.4. The fraction of sp³-hybridized carbons (Fsp3) is 0.250. The molecular weight excluding hydrogens is 318 g/mol. The van der Waals surface area contributed by atoms with Crippen LogP contribution >= 0.6 is 15.9 Å². The van der Waals surface area contributed by atoms with Gasteiger partial charge in [0.05, 0.1) is 5.69 Å². The van der Waals surface area contributed by atoms with Crippen molar-refractivity contribution in [1.82, 2.24) is 4.98 Å². The van der Waals surface area contributed by atoms with Gasteiger partial charge in [-0.3, -0.25) is 9.78 Å². The Hall–Kier alpha value is -1.68. The van der Waals surface area contributed by atoms with E-state index in [2.05, 4.69) is 20.9 Å². The van der Waals surface area contributed by atoms with E-state index >= 15 is 0 Å². The van der Waals surface area contributed by atoms with Crippen LogP contribution in [-0.4, -0.2) is 16.1 Å². The van der Waals surface area contributed by atoms with Gasteiger partial charge in [0.2, 0.25) is 0 Å². The van der Waals surface area contributed by atoms with E-state index in [0.717, 1.165) is 15.6 Å². The lowest BCUT2D eigenvalue weighted by Gasteiger charge is -2.14. The molecule has 0 amide bonds. The van der Waals surface area contributed by atoms with Crippen molar-refractivity contribution in [3.63, 3.8) is 0 Å². The van der Waals surface area contributed by atoms with E-state index in [4.69, 9.17) is 0 Å². The molecule has 0 radical (unpaired) electrons. The van der Waals surface area contributed by atoms with Crippen LogP contribution in [0.2, 0.25) is 0 Å². The van der Waals surface area contributed by atoms with Crippen molar-refractivity contribution in [2.24, 2.45) is 0 Å². The molecule has 0 fully saturated rings. The molecule has 1 aromatic heterocycles. The molecule has 1 aromatic carbocycles. The van der Waals surface area contributed by atoms with Crippen LogP contribution < -0.4 is 0 Å². The zero-order valence-corrected chi connectivity index (χ0v) is 13.0. The monoisotopic (exact) mass is 333 g/mol. The van der Waals surface area contributed by atoms with E-state index in [1.807, 2.05) is 44.2 Å². The Balaban J connectivity index is 2.31. The third-order valence-electron chi connectivity index (χ3n) is 3.27. The number of nitrogens with zero attached hydrogens (tertiary/aromatic N) is 1. The molecule has 1 atom stereocenters. The van der Waals surface area contributed by atoms with Crippen molar-refractivity contribution in [3.05, 3.63) is 63.4 Å². The summed E-state index contributed by atoms with van der Waals surface area (Å²) < 4.78 is 0.859. The zero-order chi connectivity index (χ0) is 14.7. The first-order chi connectivity index (χ1) is 9.47. The first kappa shape index (κ1) is 14.7. The van der Waals surface area contributed by atoms with Crippen LogP contribution in [-0.2, 0) is 11.2 Å². The number of hydrogen-bond acceptors (Lipinski definition) is 2. The second kappa shape index (κ2) is 6.18. The molecule has 0 saturated carbocycles. The third kappa shape index (κ3) is 3.45. The summed E-state index contributed by atoms with van der Waals surface area (Å²) in [5, 5.41) is 9.48. The smallest absolute Gasteiger partial charge is 0.312 e. The van der Waals surface area contributed by atoms with Crippen LogP contribution in [0.1, 0.15) is 28.3 Å². The molecule has 1 unspecified atom stereocenters. The van der Waals surface area contributed by atoms with Gasteiger partial charge in [0.1, 0.15) is 5.92 Å². The summed E-state index contributed by atoms with van der Waals surface area (Å²) in [4.78, 5) is 15.8. The number of hydrogen-bond donors (Lipinski definition) is 1. The lowest BCUT2D eigenvalue weighted by molar-refractivity contribution is -0.138. The second-order valence-corrected chi connectivity index (χ2v) is 5.85. The van der Waals surface area contributed by atoms with Gasteiger partial charge in [0.15, 0.2) is 0 Å². The topological polar surface area (TPSA) is 50.2 Å². The molecule has 0 aliphatic heterocycles. The summed E-state index contributed by atoms with van der Waals surface area (Å²) in [5.41, 5.74) is 3.69. The maximum Gasteiger partial charge on any atom is 0.312 e. The lowest BCUT2D eigenvalue weighted by Crippen LogP contribution is -2.17. The van der Waals surface area contributed by atoms with Crippen molar-refractivity contribution in [2.75, 3.05) is 0 Å². The average molecular weight is 334 g/mol. The maximum atomic E-state index is 11.6. The molecule has 104 valence electrons. The minimum Gasteiger partial charge on any atom is -0.481 e. The van der Waals surface area contributed by atoms with Crippen LogP contribution in [0.3, 0.4) is 0 Å². The fourth-order valence-corrected chi connectivity index (χ4v) is 2.62. The van der Waals surface area contributed by atoms with E-state index in [1.54, 1.807) is 6.20 Å². The SMILES string of the molecule is Cc1ccc(CC(C(=O)O)c2ncc(Br)cc2C)cc1. The first-order valence-electron chi connectivity index (χ1n) is 6.38. The molecule has 2 rings (SSSR count). The number of carboxylic acid groups (broad SMARTS) is 1. The molecule has 0 aliphatic rings. The normalized spacial score (nSPS) is 12.2.